The van der Waals surface area contributed by atoms with E-state index in [1.165, 1.54) is 6.08 Å². The molecule has 1 saturated carbocycles. The smallest absolute Gasteiger partial charge is 0.262 e. The lowest BCUT2D eigenvalue weighted by Gasteiger charge is -2.06. The third-order valence-electron chi connectivity index (χ3n) is 3.61. The molecule has 1 amide bonds. The number of hydrogen-bond acceptors (Lipinski definition) is 3. The van der Waals surface area contributed by atoms with Crippen molar-refractivity contribution < 1.29 is 4.79 Å². The largest absolute Gasteiger partial charge is 0.349 e. The van der Waals surface area contributed by atoms with E-state index in [1.807, 2.05) is 37.3 Å². The molecule has 1 heterocycles. The number of aryl methyl sites for hydroxylation is 1. The van der Waals surface area contributed by atoms with E-state index in [2.05, 4.69) is 10.3 Å². The molecule has 22 heavy (non-hydrogen) atoms. The number of nitriles is 1. The summed E-state index contributed by atoms with van der Waals surface area (Å²) >= 11 is 6.20. The van der Waals surface area contributed by atoms with Crippen LogP contribution in [0, 0.1) is 18.3 Å². The zero-order valence-corrected chi connectivity index (χ0v) is 12.8. The van der Waals surface area contributed by atoms with Crippen LogP contribution >= 0.6 is 11.6 Å². The van der Waals surface area contributed by atoms with Crippen LogP contribution in [-0.4, -0.2) is 16.9 Å². The van der Waals surface area contributed by atoms with Gasteiger partial charge in [0.2, 0.25) is 0 Å². The number of fused-ring (bicyclic) bond motifs is 1. The van der Waals surface area contributed by atoms with Gasteiger partial charge < -0.3 is 5.32 Å². The highest BCUT2D eigenvalue weighted by molar-refractivity contribution is 6.31. The maximum atomic E-state index is 12.0. The van der Waals surface area contributed by atoms with Crippen molar-refractivity contribution >= 4 is 34.5 Å². The summed E-state index contributed by atoms with van der Waals surface area (Å²) in [4.78, 5) is 16.4. The molecule has 0 unspecified atom stereocenters. The summed E-state index contributed by atoms with van der Waals surface area (Å²) in [5.41, 5.74) is 2.47. The second-order valence-corrected chi connectivity index (χ2v) is 5.79. The second-order valence-electron chi connectivity index (χ2n) is 5.43. The van der Waals surface area contributed by atoms with E-state index in [4.69, 9.17) is 11.6 Å². The molecule has 2 aromatic rings. The molecule has 1 N–H and O–H groups in total. The molecular weight excluding hydrogens is 298 g/mol. The number of halogens is 1. The molecule has 0 aliphatic heterocycles. The van der Waals surface area contributed by atoms with Gasteiger partial charge in [-0.3, -0.25) is 4.79 Å². The molecule has 1 aliphatic carbocycles. The average molecular weight is 312 g/mol. The van der Waals surface area contributed by atoms with Crippen LogP contribution < -0.4 is 5.32 Å². The Balaban J connectivity index is 2.01. The first-order valence-corrected chi connectivity index (χ1v) is 7.45. The number of rotatable bonds is 3. The Kier molecular flexibility index (Phi) is 3.82. The van der Waals surface area contributed by atoms with Gasteiger partial charge in [-0.25, -0.2) is 4.98 Å². The summed E-state index contributed by atoms with van der Waals surface area (Å²) in [7, 11) is 0. The van der Waals surface area contributed by atoms with Crippen molar-refractivity contribution in [2.45, 2.75) is 25.8 Å². The molecule has 110 valence electrons. The number of aromatic nitrogens is 1. The van der Waals surface area contributed by atoms with Gasteiger partial charge in [0.1, 0.15) is 16.8 Å². The summed E-state index contributed by atoms with van der Waals surface area (Å²) in [6, 6.07) is 9.81. The minimum absolute atomic E-state index is 0.0441. The number of para-hydroxylation sites is 1. The molecule has 1 aliphatic rings. The maximum Gasteiger partial charge on any atom is 0.262 e. The molecule has 1 aromatic heterocycles. The standard InChI is InChI=1S/C17H14ClN3O/c1-10-3-2-4-11-7-12(16(18)21-15(10)11)8-13(9-19)17(22)20-14-5-6-14/h2-4,7-8,14H,5-6H2,1H3,(H,20,22)/b13-8+. The van der Waals surface area contributed by atoms with Crippen LogP contribution in [0.1, 0.15) is 24.0 Å². The molecule has 1 fully saturated rings. The maximum absolute atomic E-state index is 12.0. The van der Waals surface area contributed by atoms with Gasteiger partial charge >= 0.3 is 0 Å². The number of benzene rings is 1. The number of carbonyl (C=O) groups is 1. The molecule has 5 heteroatoms. The summed E-state index contributed by atoms with van der Waals surface area (Å²) in [6.07, 6.45) is 3.44. The Hall–Kier alpha value is -2.38. The van der Waals surface area contributed by atoms with E-state index in [0.29, 0.717) is 5.56 Å². The third-order valence-corrected chi connectivity index (χ3v) is 3.91. The molecule has 3 rings (SSSR count). The average Bonchev–Trinajstić information content (AvgIpc) is 3.30. The van der Waals surface area contributed by atoms with Crippen LogP contribution in [-0.2, 0) is 4.79 Å². The lowest BCUT2D eigenvalue weighted by atomic mass is 10.1. The lowest BCUT2D eigenvalue weighted by Crippen LogP contribution is -2.26. The van der Waals surface area contributed by atoms with Gasteiger partial charge in [0, 0.05) is 17.0 Å². The van der Waals surface area contributed by atoms with Gasteiger partial charge in [-0.05, 0) is 37.5 Å². The van der Waals surface area contributed by atoms with Crippen molar-refractivity contribution in [1.82, 2.24) is 10.3 Å². The fourth-order valence-electron chi connectivity index (χ4n) is 2.24. The molecule has 0 saturated heterocycles. The zero-order chi connectivity index (χ0) is 15.7. The van der Waals surface area contributed by atoms with Crippen LogP contribution in [0.25, 0.3) is 17.0 Å². The van der Waals surface area contributed by atoms with Crippen molar-refractivity contribution in [3.05, 3.63) is 46.1 Å². The van der Waals surface area contributed by atoms with E-state index in [1.54, 1.807) is 0 Å². The molecular formula is C17H14ClN3O. The minimum Gasteiger partial charge on any atom is -0.349 e. The van der Waals surface area contributed by atoms with Crippen LogP contribution in [0.5, 0.6) is 0 Å². The van der Waals surface area contributed by atoms with Crippen molar-refractivity contribution in [2.24, 2.45) is 0 Å². The van der Waals surface area contributed by atoms with Gasteiger partial charge in [-0.15, -0.1) is 0 Å². The molecule has 0 bridgehead atoms. The summed E-state index contributed by atoms with van der Waals surface area (Å²) in [5.74, 6) is -0.356. The van der Waals surface area contributed by atoms with Gasteiger partial charge in [0.25, 0.3) is 5.91 Å². The third kappa shape index (κ3) is 2.95. The highest BCUT2D eigenvalue weighted by Gasteiger charge is 2.24. The Bertz CT molecular complexity index is 832. The van der Waals surface area contributed by atoms with Crippen molar-refractivity contribution in [3.8, 4) is 6.07 Å². The highest BCUT2D eigenvalue weighted by Crippen LogP contribution is 2.25. The van der Waals surface area contributed by atoms with Crippen LogP contribution in [0.4, 0.5) is 0 Å². The van der Waals surface area contributed by atoms with Crippen LogP contribution in [0.15, 0.2) is 29.8 Å². The van der Waals surface area contributed by atoms with Crippen LogP contribution in [0.2, 0.25) is 5.15 Å². The van der Waals surface area contributed by atoms with E-state index in [9.17, 15) is 10.1 Å². The minimum atomic E-state index is -0.356. The summed E-state index contributed by atoms with van der Waals surface area (Å²) < 4.78 is 0. The van der Waals surface area contributed by atoms with E-state index in [0.717, 1.165) is 29.3 Å². The Morgan fingerprint density at radius 1 is 1.50 bits per heavy atom. The number of pyridine rings is 1. The van der Waals surface area contributed by atoms with E-state index < -0.39 is 0 Å². The molecule has 0 radical (unpaired) electrons. The SMILES string of the molecule is Cc1cccc2cc(/C=C(\C#N)C(=O)NC3CC3)c(Cl)nc12. The Labute approximate surface area is 133 Å². The Morgan fingerprint density at radius 2 is 2.27 bits per heavy atom. The first-order valence-electron chi connectivity index (χ1n) is 7.07. The number of carbonyl (C=O) groups excluding carboxylic acids is 1. The highest BCUT2D eigenvalue weighted by atomic mass is 35.5. The van der Waals surface area contributed by atoms with Crippen molar-refractivity contribution in [1.29, 1.82) is 5.26 Å². The number of nitrogens with zero attached hydrogens (tertiary/aromatic N) is 2. The first-order chi connectivity index (χ1) is 10.6. The van der Waals surface area contributed by atoms with Gasteiger partial charge in [0.05, 0.1) is 5.52 Å². The fraction of sp³-hybridized carbons (Fsp3) is 0.235. The molecule has 0 atom stereocenters. The van der Waals surface area contributed by atoms with Gasteiger partial charge in [0.15, 0.2) is 0 Å². The van der Waals surface area contributed by atoms with Crippen molar-refractivity contribution in [2.75, 3.05) is 0 Å². The summed E-state index contributed by atoms with van der Waals surface area (Å²) in [6.45, 7) is 1.96. The summed E-state index contributed by atoms with van der Waals surface area (Å²) in [5, 5.41) is 13.2. The van der Waals surface area contributed by atoms with E-state index in [-0.39, 0.29) is 22.7 Å². The van der Waals surface area contributed by atoms with Crippen LogP contribution in [0.3, 0.4) is 0 Å². The second kappa shape index (κ2) is 5.78. The topological polar surface area (TPSA) is 65.8 Å². The number of amides is 1. The zero-order valence-electron chi connectivity index (χ0n) is 12.1. The lowest BCUT2D eigenvalue weighted by molar-refractivity contribution is -0.117. The van der Waals surface area contributed by atoms with Crippen molar-refractivity contribution in [3.63, 3.8) is 0 Å². The fourth-order valence-corrected chi connectivity index (χ4v) is 2.43. The quantitative estimate of drug-likeness (QED) is 0.537. The predicted octanol–water partition coefficient (Wildman–Crippen LogP) is 3.38. The predicted molar refractivity (Wildman–Crippen MR) is 86.2 cm³/mol. The molecule has 1 aromatic carbocycles. The normalized spacial score (nSPS) is 14.7. The number of hydrogen-bond donors (Lipinski definition) is 1. The first kappa shape index (κ1) is 14.6. The number of nitrogens with one attached hydrogen (secondary N) is 1. The van der Waals surface area contributed by atoms with Gasteiger partial charge in [-0.2, -0.15) is 5.26 Å². The monoisotopic (exact) mass is 311 g/mol. The molecule has 0 spiro atoms. The Morgan fingerprint density at radius 3 is 2.95 bits per heavy atom. The van der Waals surface area contributed by atoms with E-state index >= 15 is 0 Å². The van der Waals surface area contributed by atoms with Gasteiger partial charge in [-0.1, -0.05) is 29.8 Å². The molecule has 4 nitrogen and oxygen atoms in total.